The summed E-state index contributed by atoms with van der Waals surface area (Å²) >= 11 is 0. The van der Waals surface area contributed by atoms with Gasteiger partial charge in [-0.1, -0.05) is 49.4 Å². The molecule has 0 saturated carbocycles. The van der Waals surface area contributed by atoms with E-state index < -0.39 is 5.60 Å². The van der Waals surface area contributed by atoms with Crippen LogP contribution in [0.2, 0.25) is 0 Å². The molecule has 0 heterocycles. The Morgan fingerprint density at radius 2 is 1.46 bits per heavy atom. The maximum absolute atomic E-state index is 9.01. The zero-order chi connectivity index (χ0) is 10.2. The molecule has 1 nitrogen and oxygen atoms in total. The van der Waals surface area contributed by atoms with Crippen LogP contribution in [0.4, 0.5) is 0 Å². The molecule has 1 atom stereocenters. The Labute approximate surface area is 80.7 Å². The van der Waals surface area contributed by atoms with Crippen molar-refractivity contribution in [3.8, 4) is 0 Å². The smallest absolute Gasteiger partial charge is 0.0794 e. The van der Waals surface area contributed by atoms with Crippen LogP contribution in [0, 0.1) is 0 Å². The van der Waals surface area contributed by atoms with Crippen LogP contribution < -0.4 is 0 Å². The lowest BCUT2D eigenvalue weighted by atomic mass is 10.1. The van der Waals surface area contributed by atoms with Gasteiger partial charge in [0.15, 0.2) is 0 Å². The minimum Gasteiger partial charge on any atom is -0.386 e. The summed E-state index contributed by atoms with van der Waals surface area (Å²) in [5.74, 6) is 0. The predicted molar refractivity (Wildman–Crippen MR) is 57.6 cm³/mol. The summed E-state index contributed by atoms with van der Waals surface area (Å²) in [5.41, 5.74) is -0.653. The molecule has 0 bridgehead atoms. The van der Waals surface area contributed by atoms with Crippen molar-refractivity contribution in [3.05, 3.63) is 49.1 Å². The lowest BCUT2D eigenvalue weighted by Gasteiger charge is -2.13. The molecule has 1 heteroatoms. The maximum Gasteiger partial charge on any atom is 0.0794 e. The second kappa shape index (κ2) is 6.44. The zero-order valence-corrected chi connectivity index (χ0v) is 8.40. The summed E-state index contributed by atoms with van der Waals surface area (Å²) in [7, 11) is 0. The average molecular weight is 178 g/mol. The molecule has 1 aromatic rings. The van der Waals surface area contributed by atoms with Crippen LogP contribution in [-0.2, 0) is 0 Å². The van der Waals surface area contributed by atoms with E-state index in [0.29, 0.717) is 0 Å². The van der Waals surface area contributed by atoms with Crippen LogP contribution in [0.25, 0.3) is 0 Å². The molecule has 0 saturated heterocycles. The molecule has 0 radical (unpaired) electrons. The molecule has 0 spiro atoms. The van der Waals surface area contributed by atoms with Gasteiger partial charge in [0, 0.05) is 0 Å². The highest BCUT2D eigenvalue weighted by Gasteiger charge is 2.09. The number of hydrogen-bond acceptors (Lipinski definition) is 1. The van der Waals surface area contributed by atoms with Gasteiger partial charge in [-0.25, -0.2) is 0 Å². The van der Waals surface area contributed by atoms with E-state index in [1.54, 1.807) is 13.0 Å². The summed E-state index contributed by atoms with van der Waals surface area (Å²) in [4.78, 5) is 0. The minimum atomic E-state index is -0.653. The lowest BCUT2D eigenvalue weighted by molar-refractivity contribution is 0.108. The van der Waals surface area contributed by atoms with Crippen LogP contribution in [-0.4, -0.2) is 10.7 Å². The normalized spacial score (nSPS) is 13.5. The molecule has 1 rings (SSSR count). The van der Waals surface area contributed by atoms with Crippen LogP contribution in [0.3, 0.4) is 0 Å². The molecule has 0 amide bonds. The molecule has 13 heavy (non-hydrogen) atoms. The van der Waals surface area contributed by atoms with Crippen molar-refractivity contribution in [1.82, 2.24) is 0 Å². The first-order valence-electron chi connectivity index (χ1n) is 4.48. The van der Waals surface area contributed by atoms with Crippen molar-refractivity contribution >= 4 is 0 Å². The largest absolute Gasteiger partial charge is 0.386 e. The quantitative estimate of drug-likeness (QED) is 0.690. The van der Waals surface area contributed by atoms with E-state index in [1.165, 1.54) is 0 Å². The van der Waals surface area contributed by atoms with Gasteiger partial charge in [-0.2, -0.15) is 0 Å². The molecule has 0 aromatic heterocycles. The van der Waals surface area contributed by atoms with Gasteiger partial charge >= 0.3 is 0 Å². The van der Waals surface area contributed by atoms with E-state index in [2.05, 4.69) is 6.58 Å². The van der Waals surface area contributed by atoms with Gasteiger partial charge in [0.1, 0.15) is 0 Å². The number of hydrogen-bond donors (Lipinski definition) is 1. The van der Waals surface area contributed by atoms with Gasteiger partial charge in [-0.15, -0.1) is 6.58 Å². The third-order valence-corrected chi connectivity index (χ3v) is 1.82. The first-order chi connectivity index (χ1) is 6.12. The minimum absolute atomic E-state index is 0.653. The first kappa shape index (κ1) is 11.9. The highest BCUT2D eigenvalue weighted by molar-refractivity contribution is 4.99. The fraction of sp³-hybridized carbons (Fsp3) is 0.333. The maximum atomic E-state index is 9.01. The molecule has 0 aliphatic carbocycles. The topological polar surface area (TPSA) is 20.2 Å². The summed E-state index contributed by atoms with van der Waals surface area (Å²) in [6.45, 7) is 7.11. The van der Waals surface area contributed by atoms with Gasteiger partial charge < -0.3 is 5.11 Å². The summed E-state index contributed by atoms with van der Waals surface area (Å²) in [5, 5.41) is 9.01. The summed E-state index contributed by atoms with van der Waals surface area (Å²) in [6.07, 6.45) is 2.28. The third-order valence-electron chi connectivity index (χ3n) is 1.82. The standard InChI is InChI=1S/C6H12O.C6H6/c1-4-6(3,7)5-2;1-2-4-6-5-3-1/h4,7H,1,5H2,2-3H3;1-6H. The van der Waals surface area contributed by atoms with E-state index in [4.69, 9.17) is 5.11 Å². The van der Waals surface area contributed by atoms with Crippen molar-refractivity contribution in [2.24, 2.45) is 0 Å². The highest BCUT2D eigenvalue weighted by Crippen LogP contribution is 2.07. The molecular weight excluding hydrogens is 160 g/mol. The monoisotopic (exact) mass is 178 g/mol. The highest BCUT2D eigenvalue weighted by atomic mass is 16.3. The molecule has 1 N–H and O–H groups in total. The number of rotatable bonds is 2. The van der Waals surface area contributed by atoms with Gasteiger partial charge in [0.2, 0.25) is 0 Å². The van der Waals surface area contributed by atoms with Crippen LogP contribution in [0.5, 0.6) is 0 Å². The van der Waals surface area contributed by atoms with Crippen molar-refractivity contribution in [2.45, 2.75) is 25.9 Å². The summed E-state index contributed by atoms with van der Waals surface area (Å²) in [6, 6.07) is 12.0. The van der Waals surface area contributed by atoms with Crippen LogP contribution in [0.1, 0.15) is 20.3 Å². The van der Waals surface area contributed by atoms with E-state index in [9.17, 15) is 0 Å². The Hall–Kier alpha value is -1.08. The van der Waals surface area contributed by atoms with Gasteiger partial charge in [-0.3, -0.25) is 0 Å². The Morgan fingerprint density at radius 1 is 1.15 bits per heavy atom. The van der Waals surface area contributed by atoms with E-state index >= 15 is 0 Å². The van der Waals surface area contributed by atoms with E-state index in [-0.39, 0.29) is 0 Å². The first-order valence-corrected chi connectivity index (χ1v) is 4.48. The Morgan fingerprint density at radius 3 is 1.54 bits per heavy atom. The lowest BCUT2D eigenvalue weighted by Crippen LogP contribution is -2.17. The van der Waals surface area contributed by atoms with Crippen molar-refractivity contribution in [1.29, 1.82) is 0 Å². The molecule has 1 aromatic carbocycles. The third kappa shape index (κ3) is 7.29. The van der Waals surface area contributed by atoms with Crippen molar-refractivity contribution in [3.63, 3.8) is 0 Å². The number of benzene rings is 1. The zero-order valence-electron chi connectivity index (χ0n) is 8.40. The summed E-state index contributed by atoms with van der Waals surface area (Å²) < 4.78 is 0. The Bertz CT molecular complexity index is 187. The average Bonchev–Trinajstić information content (AvgIpc) is 2.21. The second-order valence-electron chi connectivity index (χ2n) is 3.07. The fourth-order valence-electron chi connectivity index (χ4n) is 0.529. The molecule has 1 unspecified atom stereocenters. The number of aliphatic hydroxyl groups is 1. The van der Waals surface area contributed by atoms with Gasteiger partial charge in [-0.05, 0) is 13.3 Å². The van der Waals surface area contributed by atoms with Gasteiger partial charge in [0.25, 0.3) is 0 Å². The van der Waals surface area contributed by atoms with Crippen molar-refractivity contribution in [2.75, 3.05) is 0 Å². The molecule has 0 aliphatic heterocycles. The van der Waals surface area contributed by atoms with Crippen LogP contribution in [0.15, 0.2) is 49.1 Å². The molecule has 72 valence electrons. The van der Waals surface area contributed by atoms with E-state index in [1.807, 2.05) is 43.3 Å². The van der Waals surface area contributed by atoms with Gasteiger partial charge in [0.05, 0.1) is 5.60 Å². The predicted octanol–water partition coefficient (Wildman–Crippen LogP) is 3.02. The fourth-order valence-corrected chi connectivity index (χ4v) is 0.529. The Balaban J connectivity index is 0.000000223. The molecular formula is C12H18O. The second-order valence-corrected chi connectivity index (χ2v) is 3.07. The molecule has 0 fully saturated rings. The Kier molecular flexibility index (Phi) is 5.90. The SMILES string of the molecule is C=CC(C)(O)CC.c1ccccc1. The van der Waals surface area contributed by atoms with Crippen LogP contribution >= 0.6 is 0 Å². The van der Waals surface area contributed by atoms with Crippen molar-refractivity contribution < 1.29 is 5.11 Å². The molecule has 0 aliphatic rings. The van der Waals surface area contributed by atoms with E-state index in [0.717, 1.165) is 6.42 Å².